The van der Waals surface area contributed by atoms with E-state index in [1.165, 1.54) is 11.8 Å². The Bertz CT molecular complexity index is 644. The number of amides is 1. The zero-order valence-corrected chi connectivity index (χ0v) is 13.4. The number of imidazole rings is 1. The summed E-state index contributed by atoms with van der Waals surface area (Å²) >= 11 is 1.54. The first kappa shape index (κ1) is 14.4. The number of nitrogens with zero attached hydrogens (tertiary/aromatic N) is 3. The first-order valence-corrected chi connectivity index (χ1v) is 8.45. The summed E-state index contributed by atoms with van der Waals surface area (Å²) in [5.74, 6) is 1.46. The quantitative estimate of drug-likeness (QED) is 0.818. The standard InChI is InChI=1S/C16H21N3OS/c1-12-7-9-19(10-8-12)15(20)11-21-16-17-13-5-3-4-6-14(13)18(16)2/h3-6,12H,7-11H2,1-2H3. The molecule has 0 bridgehead atoms. The molecule has 112 valence electrons. The maximum absolute atomic E-state index is 12.3. The van der Waals surface area contributed by atoms with E-state index < -0.39 is 0 Å². The van der Waals surface area contributed by atoms with Crippen LogP contribution in [0.3, 0.4) is 0 Å². The molecule has 1 fully saturated rings. The molecular weight excluding hydrogens is 282 g/mol. The second-order valence-electron chi connectivity index (χ2n) is 5.79. The minimum absolute atomic E-state index is 0.235. The molecule has 0 saturated carbocycles. The minimum Gasteiger partial charge on any atom is -0.342 e. The predicted octanol–water partition coefficient (Wildman–Crippen LogP) is 2.92. The van der Waals surface area contributed by atoms with Crippen LogP contribution in [0.1, 0.15) is 19.8 Å². The van der Waals surface area contributed by atoms with Crippen molar-refractivity contribution in [1.29, 1.82) is 0 Å². The molecule has 1 saturated heterocycles. The lowest BCUT2D eigenvalue weighted by Crippen LogP contribution is -2.38. The molecule has 1 aliphatic rings. The average Bonchev–Trinajstić information content (AvgIpc) is 2.82. The van der Waals surface area contributed by atoms with Crippen LogP contribution in [0.5, 0.6) is 0 Å². The predicted molar refractivity (Wildman–Crippen MR) is 86.4 cm³/mol. The van der Waals surface area contributed by atoms with E-state index in [0.29, 0.717) is 5.75 Å². The van der Waals surface area contributed by atoms with Crippen molar-refractivity contribution in [1.82, 2.24) is 14.5 Å². The Morgan fingerprint density at radius 1 is 1.33 bits per heavy atom. The highest BCUT2D eigenvalue weighted by atomic mass is 32.2. The molecule has 2 heterocycles. The van der Waals surface area contributed by atoms with Crippen LogP contribution in [0.2, 0.25) is 0 Å². The van der Waals surface area contributed by atoms with Gasteiger partial charge in [-0.05, 0) is 30.9 Å². The van der Waals surface area contributed by atoms with E-state index in [4.69, 9.17) is 0 Å². The van der Waals surface area contributed by atoms with Gasteiger partial charge >= 0.3 is 0 Å². The first-order chi connectivity index (χ1) is 10.1. The number of hydrogen-bond acceptors (Lipinski definition) is 3. The number of benzene rings is 1. The molecule has 1 aliphatic heterocycles. The molecule has 0 unspecified atom stereocenters. The van der Waals surface area contributed by atoms with Crippen LogP contribution in [-0.4, -0.2) is 39.2 Å². The summed E-state index contributed by atoms with van der Waals surface area (Å²) in [7, 11) is 2.00. The lowest BCUT2D eigenvalue weighted by molar-refractivity contribution is -0.129. The molecule has 4 nitrogen and oxygen atoms in total. The second-order valence-corrected chi connectivity index (χ2v) is 6.74. The van der Waals surface area contributed by atoms with Crippen molar-refractivity contribution in [2.45, 2.75) is 24.9 Å². The SMILES string of the molecule is CC1CCN(C(=O)CSc2nc3ccccc3n2C)CC1. The number of fused-ring (bicyclic) bond motifs is 1. The number of rotatable bonds is 3. The van der Waals surface area contributed by atoms with Crippen molar-refractivity contribution in [3.8, 4) is 0 Å². The average molecular weight is 303 g/mol. The fraction of sp³-hybridized carbons (Fsp3) is 0.500. The van der Waals surface area contributed by atoms with Gasteiger partial charge in [0, 0.05) is 20.1 Å². The van der Waals surface area contributed by atoms with Crippen molar-refractivity contribution >= 4 is 28.7 Å². The highest BCUT2D eigenvalue weighted by molar-refractivity contribution is 7.99. The Morgan fingerprint density at radius 2 is 2.05 bits per heavy atom. The molecule has 0 atom stereocenters. The third-order valence-corrected chi connectivity index (χ3v) is 5.22. The number of aromatic nitrogens is 2. The number of carbonyl (C=O) groups is 1. The van der Waals surface area contributed by atoms with Gasteiger partial charge in [0.15, 0.2) is 5.16 Å². The molecule has 1 aromatic carbocycles. The van der Waals surface area contributed by atoms with Gasteiger partial charge in [-0.3, -0.25) is 4.79 Å². The van der Waals surface area contributed by atoms with Crippen LogP contribution in [0, 0.1) is 5.92 Å². The molecule has 0 aliphatic carbocycles. The summed E-state index contributed by atoms with van der Waals surface area (Å²) in [6, 6.07) is 8.07. The molecule has 2 aromatic rings. The van der Waals surface area contributed by atoms with Crippen LogP contribution in [0.4, 0.5) is 0 Å². The van der Waals surface area contributed by atoms with Gasteiger partial charge in [0.05, 0.1) is 16.8 Å². The van der Waals surface area contributed by atoms with E-state index in [2.05, 4.69) is 22.5 Å². The third kappa shape index (κ3) is 3.07. The van der Waals surface area contributed by atoms with Crippen molar-refractivity contribution in [3.63, 3.8) is 0 Å². The number of thioether (sulfide) groups is 1. The molecule has 3 rings (SSSR count). The zero-order valence-electron chi connectivity index (χ0n) is 12.6. The molecule has 1 amide bonds. The third-order valence-electron chi connectivity index (χ3n) is 4.21. The van der Waals surface area contributed by atoms with Gasteiger partial charge in [-0.25, -0.2) is 4.98 Å². The number of aryl methyl sites for hydroxylation is 1. The van der Waals surface area contributed by atoms with E-state index in [-0.39, 0.29) is 5.91 Å². The number of carbonyl (C=O) groups excluding carboxylic acids is 1. The second kappa shape index (κ2) is 6.10. The lowest BCUT2D eigenvalue weighted by Gasteiger charge is -2.30. The van der Waals surface area contributed by atoms with Crippen LogP contribution >= 0.6 is 11.8 Å². The minimum atomic E-state index is 0.235. The molecule has 1 aromatic heterocycles. The van der Waals surface area contributed by atoms with Crippen LogP contribution < -0.4 is 0 Å². The normalized spacial score (nSPS) is 16.6. The van der Waals surface area contributed by atoms with Gasteiger partial charge < -0.3 is 9.47 Å². The first-order valence-electron chi connectivity index (χ1n) is 7.47. The van der Waals surface area contributed by atoms with Crippen LogP contribution in [0.25, 0.3) is 11.0 Å². The van der Waals surface area contributed by atoms with Crippen molar-refractivity contribution in [2.24, 2.45) is 13.0 Å². The fourth-order valence-corrected chi connectivity index (χ4v) is 3.62. The van der Waals surface area contributed by atoms with Gasteiger partial charge in [0.1, 0.15) is 0 Å². The van der Waals surface area contributed by atoms with Gasteiger partial charge in [-0.1, -0.05) is 30.8 Å². The van der Waals surface area contributed by atoms with Crippen molar-refractivity contribution in [3.05, 3.63) is 24.3 Å². The lowest BCUT2D eigenvalue weighted by atomic mass is 9.99. The summed E-state index contributed by atoms with van der Waals surface area (Å²) < 4.78 is 2.06. The topological polar surface area (TPSA) is 38.1 Å². The van der Waals surface area contributed by atoms with E-state index >= 15 is 0 Å². The van der Waals surface area contributed by atoms with Gasteiger partial charge in [0.25, 0.3) is 0 Å². The zero-order chi connectivity index (χ0) is 14.8. The van der Waals surface area contributed by atoms with Crippen molar-refractivity contribution in [2.75, 3.05) is 18.8 Å². The number of hydrogen-bond donors (Lipinski definition) is 0. The highest BCUT2D eigenvalue weighted by Crippen LogP contribution is 2.23. The fourth-order valence-electron chi connectivity index (χ4n) is 2.73. The Hall–Kier alpha value is -1.49. The van der Waals surface area contributed by atoms with Gasteiger partial charge in [0.2, 0.25) is 5.91 Å². The molecule has 0 radical (unpaired) electrons. The summed E-state index contributed by atoms with van der Waals surface area (Å²) in [6.45, 7) is 4.07. The molecule has 5 heteroatoms. The summed E-state index contributed by atoms with van der Waals surface area (Å²) in [5.41, 5.74) is 2.10. The number of para-hydroxylation sites is 2. The maximum atomic E-state index is 12.3. The van der Waals surface area contributed by atoms with Gasteiger partial charge in [-0.2, -0.15) is 0 Å². The Labute approximate surface area is 129 Å². The van der Waals surface area contributed by atoms with Gasteiger partial charge in [-0.15, -0.1) is 0 Å². The monoisotopic (exact) mass is 303 g/mol. The molecular formula is C16H21N3OS. The Morgan fingerprint density at radius 3 is 2.76 bits per heavy atom. The van der Waals surface area contributed by atoms with E-state index in [9.17, 15) is 4.79 Å². The molecule has 21 heavy (non-hydrogen) atoms. The Balaban J connectivity index is 1.63. The van der Waals surface area contributed by atoms with E-state index in [1.54, 1.807) is 0 Å². The summed E-state index contributed by atoms with van der Waals surface area (Å²) in [5, 5.41) is 0.912. The smallest absolute Gasteiger partial charge is 0.233 e. The van der Waals surface area contributed by atoms with Crippen LogP contribution in [0.15, 0.2) is 29.4 Å². The largest absolute Gasteiger partial charge is 0.342 e. The summed E-state index contributed by atoms with van der Waals surface area (Å²) in [4.78, 5) is 18.9. The molecule has 0 N–H and O–H groups in total. The van der Waals surface area contributed by atoms with Crippen LogP contribution in [-0.2, 0) is 11.8 Å². The van der Waals surface area contributed by atoms with E-state index in [1.807, 2.05) is 30.1 Å². The summed E-state index contributed by atoms with van der Waals surface area (Å²) in [6.07, 6.45) is 2.26. The van der Waals surface area contributed by atoms with Crippen molar-refractivity contribution < 1.29 is 4.79 Å². The number of likely N-dealkylation sites (tertiary alicyclic amines) is 1. The maximum Gasteiger partial charge on any atom is 0.233 e. The van der Waals surface area contributed by atoms with E-state index in [0.717, 1.165) is 48.0 Å². The number of piperidine rings is 1. The Kier molecular flexibility index (Phi) is 4.19. The highest BCUT2D eigenvalue weighted by Gasteiger charge is 2.20. The molecule has 0 spiro atoms.